The van der Waals surface area contributed by atoms with Crippen molar-refractivity contribution in [2.45, 2.75) is 314 Å². The summed E-state index contributed by atoms with van der Waals surface area (Å²) < 4.78 is 28.5. The summed E-state index contributed by atoms with van der Waals surface area (Å²) in [6.45, 7) is 5.78. The number of esters is 3. The summed E-state index contributed by atoms with van der Waals surface area (Å²) >= 11 is 0. The van der Waals surface area contributed by atoms with Crippen LogP contribution in [0.2, 0.25) is 0 Å². The van der Waals surface area contributed by atoms with Gasteiger partial charge < -0.3 is 39.0 Å². The first kappa shape index (κ1) is 74.9. The van der Waals surface area contributed by atoms with E-state index in [1.807, 2.05) is 0 Å². The van der Waals surface area contributed by atoms with Gasteiger partial charge in [-0.2, -0.15) is 0 Å². The van der Waals surface area contributed by atoms with Crippen molar-refractivity contribution in [3.05, 3.63) is 85.1 Å². The predicted octanol–water partition coefficient (Wildman–Crippen LogP) is 17.5. The van der Waals surface area contributed by atoms with Gasteiger partial charge in [0.05, 0.1) is 6.61 Å². The van der Waals surface area contributed by atoms with Crippen LogP contribution < -0.4 is 0 Å². The molecule has 0 radical (unpaired) electrons. The van der Waals surface area contributed by atoms with E-state index in [2.05, 4.69) is 106 Å². The number of carbonyl (C=O) groups is 4. The molecule has 0 aromatic heterocycles. The van der Waals surface area contributed by atoms with Gasteiger partial charge in [0, 0.05) is 19.3 Å². The standard InChI is InChI=1S/C69H116O12/c1-4-7-10-13-16-19-22-25-28-30-31-33-35-37-40-43-46-49-52-55-61(70)77-58-60(79-62(71)56-53-50-47-44-41-39-36-32-29-26-23-20-17-14-11-8-5-2)59-78-69-67(65(74)64(73)66(81-69)68(75)76)80-63(72)57-54-51-48-45-42-38-34-27-24-21-18-15-12-9-6-3/h8-9,11-12,17-18,20-21,26-27,29,34,42,45,60,64-67,69,73-74H,4-7,10,13-16,19,22-25,28,30-33,35-41,43-44,46-59H2,1-3H3,(H,75,76)/b11-8-,12-9-,20-17-,21-18-,29-26-,34-27-,45-42-. The van der Waals surface area contributed by atoms with Crippen LogP contribution in [0.4, 0.5) is 0 Å². The lowest BCUT2D eigenvalue weighted by atomic mass is 9.98. The average molecular weight is 1140 g/mol. The summed E-state index contributed by atoms with van der Waals surface area (Å²) in [6, 6.07) is 0. The second-order valence-electron chi connectivity index (χ2n) is 22.0. The SMILES string of the molecule is CC/C=C\C/C=C\C/C=C\C/C=C\CCCCC(=O)OC1C(OCC(COC(=O)CCCCCCCCCCCCCCCCCCCCC)OC(=O)CCCCCCCCC/C=C\C/C=C\C/C=C\CC)OC(C(=O)O)C(O)C1O. The lowest BCUT2D eigenvalue weighted by Crippen LogP contribution is -2.61. The minimum atomic E-state index is -1.92. The molecule has 6 atom stereocenters. The molecule has 1 aliphatic heterocycles. The summed E-state index contributed by atoms with van der Waals surface area (Å²) in [7, 11) is 0. The molecule has 464 valence electrons. The van der Waals surface area contributed by atoms with Gasteiger partial charge in [-0.3, -0.25) is 14.4 Å². The van der Waals surface area contributed by atoms with E-state index >= 15 is 0 Å². The second-order valence-corrected chi connectivity index (χ2v) is 22.0. The van der Waals surface area contributed by atoms with Crippen LogP contribution in [0.3, 0.4) is 0 Å². The largest absolute Gasteiger partial charge is 0.479 e. The Morgan fingerprint density at radius 1 is 0.420 bits per heavy atom. The molecule has 1 rings (SSSR count). The Hall–Kier alpha value is -4.10. The van der Waals surface area contributed by atoms with Crippen molar-refractivity contribution in [3.8, 4) is 0 Å². The van der Waals surface area contributed by atoms with Gasteiger partial charge in [-0.1, -0.05) is 254 Å². The van der Waals surface area contributed by atoms with E-state index in [0.717, 1.165) is 116 Å². The molecule has 1 fully saturated rings. The predicted molar refractivity (Wildman–Crippen MR) is 331 cm³/mol. The van der Waals surface area contributed by atoms with E-state index in [1.165, 1.54) is 96.3 Å². The molecule has 0 bridgehead atoms. The van der Waals surface area contributed by atoms with E-state index < -0.39 is 67.3 Å². The zero-order valence-corrected chi connectivity index (χ0v) is 51.3. The van der Waals surface area contributed by atoms with Crippen LogP contribution in [-0.4, -0.2) is 89.2 Å². The van der Waals surface area contributed by atoms with Gasteiger partial charge in [0.1, 0.15) is 18.8 Å². The zero-order valence-electron chi connectivity index (χ0n) is 51.3. The number of allylic oxidation sites excluding steroid dienone is 14. The summed E-state index contributed by atoms with van der Waals surface area (Å²) in [4.78, 5) is 51.3. The Balaban J connectivity index is 2.67. The van der Waals surface area contributed by atoms with Crippen molar-refractivity contribution < 1.29 is 58.2 Å². The monoisotopic (exact) mass is 1140 g/mol. The highest BCUT2D eigenvalue weighted by molar-refractivity contribution is 5.74. The van der Waals surface area contributed by atoms with Gasteiger partial charge in [0.2, 0.25) is 0 Å². The maximum Gasteiger partial charge on any atom is 0.335 e. The lowest BCUT2D eigenvalue weighted by molar-refractivity contribution is -0.301. The third kappa shape index (κ3) is 46.0. The van der Waals surface area contributed by atoms with E-state index in [9.17, 15) is 34.5 Å². The molecular weight excluding hydrogens is 1020 g/mol. The van der Waals surface area contributed by atoms with E-state index in [-0.39, 0.29) is 25.9 Å². The van der Waals surface area contributed by atoms with Gasteiger partial charge >= 0.3 is 23.9 Å². The van der Waals surface area contributed by atoms with Crippen LogP contribution in [0.1, 0.15) is 278 Å². The minimum absolute atomic E-state index is 0.00530. The topological polar surface area (TPSA) is 175 Å². The fraction of sp³-hybridized carbons (Fsp3) is 0.739. The van der Waals surface area contributed by atoms with Gasteiger partial charge in [0.25, 0.3) is 0 Å². The Morgan fingerprint density at radius 3 is 1.21 bits per heavy atom. The normalized spacial score (nSPS) is 18.3. The first-order chi connectivity index (χ1) is 39.6. The van der Waals surface area contributed by atoms with Crippen molar-refractivity contribution in [2.75, 3.05) is 13.2 Å². The van der Waals surface area contributed by atoms with Crippen LogP contribution in [-0.2, 0) is 42.9 Å². The molecule has 0 aromatic rings. The van der Waals surface area contributed by atoms with Crippen LogP contribution in [0.5, 0.6) is 0 Å². The molecule has 12 heteroatoms. The van der Waals surface area contributed by atoms with E-state index in [4.69, 9.17) is 23.7 Å². The number of hydrogen-bond acceptors (Lipinski definition) is 11. The van der Waals surface area contributed by atoms with Gasteiger partial charge in [-0.05, 0) is 89.9 Å². The number of carboxylic acids is 1. The number of carboxylic acid groups (broad SMARTS) is 1. The number of aliphatic carboxylic acids is 1. The molecule has 6 unspecified atom stereocenters. The Morgan fingerprint density at radius 2 is 0.778 bits per heavy atom. The number of unbranched alkanes of at least 4 members (excludes halogenated alkanes) is 27. The number of hydrogen-bond donors (Lipinski definition) is 3. The Kier molecular flexibility index (Phi) is 52.1. The summed E-state index contributed by atoms with van der Waals surface area (Å²) in [5, 5.41) is 31.6. The highest BCUT2D eigenvalue weighted by Crippen LogP contribution is 2.26. The number of rotatable bonds is 55. The lowest BCUT2D eigenvalue weighted by Gasteiger charge is -2.40. The van der Waals surface area contributed by atoms with Gasteiger partial charge in [0.15, 0.2) is 24.6 Å². The third-order valence-corrected chi connectivity index (χ3v) is 14.5. The third-order valence-electron chi connectivity index (χ3n) is 14.5. The van der Waals surface area contributed by atoms with Crippen molar-refractivity contribution in [1.82, 2.24) is 0 Å². The molecule has 0 aliphatic carbocycles. The fourth-order valence-corrected chi connectivity index (χ4v) is 9.55. The number of carbonyl (C=O) groups excluding carboxylic acids is 3. The highest BCUT2D eigenvalue weighted by atomic mass is 16.7. The molecule has 81 heavy (non-hydrogen) atoms. The van der Waals surface area contributed by atoms with Crippen LogP contribution in [0.15, 0.2) is 85.1 Å². The maximum atomic E-state index is 13.2. The number of ether oxygens (including phenoxy) is 5. The smallest absolute Gasteiger partial charge is 0.335 e. The average Bonchev–Trinajstić information content (AvgIpc) is 3.53. The molecule has 3 N–H and O–H groups in total. The minimum Gasteiger partial charge on any atom is -0.479 e. The zero-order chi connectivity index (χ0) is 58.9. The first-order valence-electron chi connectivity index (χ1n) is 32.6. The molecule has 1 heterocycles. The molecular formula is C69H116O12. The number of aliphatic hydroxyl groups excluding tert-OH is 2. The van der Waals surface area contributed by atoms with Gasteiger partial charge in [-0.15, -0.1) is 0 Å². The molecule has 12 nitrogen and oxygen atoms in total. The van der Waals surface area contributed by atoms with Crippen molar-refractivity contribution in [2.24, 2.45) is 0 Å². The van der Waals surface area contributed by atoms with Gasteiger partial charge in [-0.25, -0.2) is 4.79 Å². The van der Waals surface area contributed by atoms with Crippen molar-refractivity contribution >= 4 is 23.9 Å². The molecule has 1 saturated heterocycles. The summed E-state index contributed by atoms with van der Waals surface area (Å²) in [5.41, 5.74) is 0. The van der Waals surface area contributed by atoms with Crippen molar-refractivity contribution in [3.63, 3.8) is 0 Å². The molecule has 0 spiro atoms. The maximum absolute atomic E-state index is 13.2. The van der Waals surface area contributed by atoms with Crippen LogP contribution in [0.25, 0.3) is 0 Å². The first-order valence-corrected chi connectivity index (χ1v) is 32.6. The van der Waals surface area contributed by atoms with Crippen LogP contribution in [0, 0.1) is 0 Å². The second kappa shape index (κ2) is 56.4. The van der Waals surface area contributed by atoms with Crippen LogP contribution >= 0.6 is 0 Å². The molecule has 0 amide bonds. The quantitative estimate of drug-likeness (QED) is 0.0228. The van der Waals surface area contributed by atoms with E-state index in [1.54, 1.807) is 0 Å². The highest BCUT2D eigenvalue weighted by Gasteiger charge is 2.50. The summed E-state index contributed by atoms with van der Waals surface area (Å²) in [6.07, 6.45) is 61.2. The molecule has 0 saturated carbocycles. The van der Waals surface area contributed by atoms with Crippen molar-refractivity contribution in [1.29, 1.82) is 0 Å². The van der Waals surface area contributed by atoms with E-state index in [0.29, 0.717) is 25.7 Å². The summed E-state index contributed by atoms with van der Waals surface area (Å²) in [5.74, 6) is -3.18. The molecule has 1 aliphatic rings. The Labute approximate surface area is 492 Å². The Bertz CT molecular complexity index is 1730. The molecule has 0 aromatic carbocycles. The number of aliphatic hydroxyl groups is 2. The fourth-order valence-electron chi connectivity index (χ4n) is 9.55.